The molecular weight excluding hydrogens is 222 g/mol. The van der Waals surface area contributed by atoms with Crippen LogP contribution in [0.1, 0.15) is 43.1 Å². The Labute approximate surface area is 100 Å². The topological polar surface area (TPSA) is 68.0 Å². The first-order valence-electron chi connectivity index (χ1n) is 5.52. The zero-order chi connectivity index (χ0) is 12.1. The largest absolute Gasteiger partial charge is 0.347 e. The van der Waals surface area contributed by atoms with Gasteiger partial charge in [-0.2, -0.15) is 0 Å². The quantitative estimate of drug-likeness (QED) is 0.823. The number of nitrogens with zero attached hydrogens (tertiary/aromatic N) is 1. The van der Waals surface area contributed by atoms with Crippen LogP contribution < -0.4 is 11.1 Å². The number of carbonyl (C=O) groups excluding carboxylic acids is 1. The van der Waals surface area contributed by atoms with Crippen molar-refractivity contribution >= 4 is 17.2 Å². The summed E-state index contributed by atoms with van der Waals surface area (Å²) in [6.45, 7) is 5.86. The summed E-state index contributed by atoms with van der Waals surface area (Å²) in [5, 5.41) is 3.85. The molecule has 1 aromatic heterocycles. The third-order valence-electron chi connectivity index (χ3n) is 2.18. The first-order chi connectivity index (χ1) is 7.52. The van der Waals surface area contributed by atoms with E-state index < -0.39 is 0 Å². The van der Waals surface area contributed by atoms with Crippen LogP contribution in [0.3, 0.4) is 0 Å². The van der Waals surface area contributed by atoms with Gasteiger partial charge in [-0.25, -0.2) is 4.98 Å². The summed E-state index contributed by atoms with van der Waals surface area (Å²) in [4.78, 5) is 17.0. The lowest BCUT2D eigenvalue weighted by molar-refractivity contribution is -0.122. The summed E-state index contributed by atoms with van der Waals surface area (Å²) in [5.74, 6) is -0.0178. The van der Waals surface area contributed by atoms with E-state index in [1.807, 2.05) is 20.0 Å². The summed E-state index contributed by atoms with van der Waals surface area (Å²) >= 11 is 1.64. The van der Waals surface area contributed by atoms with Crippen molar-refractivity contribution in [1.82, 2.24) is 10.3 Å². The maximum atomic E-state index is 11.5. The number of nitrogens with one attached hydrogen (secondary N) is 1. The van der Waals surface area contributed by atoms with Crippen LogP contribution in [0.25, 0.3) is 0 Å². The van der Waals surface area contributed by atoms with E-state index in [4.69, 9.17) is 5.73 Å². The predicted molar refractivity (Wildman–Crippen MR) is 66.3 cm³/mol. The molecule has 1 rings (SSSR count). The Kier molecular flexibility index (Phi) is 4.89. The molecule has 0 spiro atoms. The van der Waals surface area contributed by atoms with Gasteiger partial charge in [0.1, 0.15) is 5.01 Å². The minimum absolute atomic E-state index is 0.0178. The summed E-state index contributed by atoms with van der Waals surface area (Å²) in [6.07, 6.45) is 3.21. The smallest absolute Gasteiger partial charge is 0.222 e. The Bertz CT molecular complexity index is 349. The second-order valence-corrected chi connectivity index (χ2v) is 5.14. The summed E-state index contributed by atoms with van der Waals surface area (Å²) < 4.78 is 0. The zero-order valence-electron chi connectivity index (χ0n) is 9.99. The van der Waals surface area contributed by atoms with Crippen LogP contribution in [0.15, 0.2) is 6.20 Å². The van der Waals surface area contributed by atoms with Crippen LogP contribution in [0.2, 0.25) is 0 Å². The van der Waals surface area contributed by atoms with Gasteiger partial charge in [0.05, 0.1) is 6.04 Å². The molecule has 90 valence electrons. The van der Waals surface area contributed by atoms with E-state index in [9.17, 15) is 4.79 Å². The molecule has 0 saturated heterocycles. The molecular formula is C11H19N3OS. The Balaban J connectivity index is 2.51. The maximum Gasteiger partial charge on any atom is 0.222 e. The lowest BCUT2D eigenvalue weighted by atomic mass is 10.2. The molecule has 0 aliphatic carbocycles. The summed E-state index contributed by atoms with van der Waals surface area (Å²) in [5.41, 5.74) is 5.56. The molecule has 16 heavy (non-hydrogen) atoms. The van der Waals surface area contributed by atoms with Crippen LogP contribution in [0, 0.1) is 0 Å². The molecule has 0 bridgehead atoms. The molecule has 3 N–H and O–H groups in total. The van der Waals surface area contributed by atoms with E-state index in [2.05, 4.69) is 17.2 Å². The SMILES string of the molecule is CCc1cnc(C(C)NC(=O)CC(C)N)s1. The maximum absolute atomic E-state index is 11.5. The average Bonchev–Trinajstić information content (AvgIpc) is 2.64. The third-order valence-corrected chi connectivity index (χ3v) is 3.50. The van der Waals surface area contributed by atoms with Crippen molar-refractivity contribution in [3.63, 3.8) is 0 Å². The van der Waals surface area contributed by atoms with Gasteiger partial charge in [0.25, 0.3) is 0 Å². The predicted octanol–water partition coefficient (Wildman–Crippen LogP) is 1.62. The van der Waals surface area contributed by atoms with Crippen molar-refractivity contribution in [3.8, 4) is 0 Å². The van der Waals surface area contributed by atoms with Crippen molar-refractivity contribution in [2.75, 3.05) is 0 Å². The minimum Gasteiger partial charge on any atom is -0.347 e. The number of amides is 1. The van der Waals surface area contributed by atoms with E-state index in [1.165, 1.54) is 4.88 Å². The van der Waals surface area contributed by atoms with Crippen LogP contribution in [0.5, 0.6) is 0 Å². The molecule has 2 unspecified atom stereocenters. The molecule has 0 fully saturated rings. The highest BCUT2D eigenvalue weighted by molar-refractivity contribution is 7.11. The average molecular weight is 241 g/mol. The number of aryl methyl sites for hydroxylation is 1. The van der Waals surface area contributed by atoms with Crippen molar-refractivity contribution in [1.29, 1.82) is 0 Å². The van der Waals surface area contributed by atoms with E-state index in [1.54, 1.807) is 11.3 Å². The second-order valence-electron chi connectivity index (χ2n) is 3.99. The highest BCUT2D eigenvalue weighted by Crippen LogP contribution is 2.20. The van der Waals surface area contributed by atoms with Crippen molar-refractivity contribution in [2.24, 2.45) is 5.73 Å². The molecule has 5 heteroatoms. The van der Waals surface area contributed by atoms with Gasteiger partial charge < -0.3 is 11.1 Å². The summed E-state index contributed by atoms with van der Waals surface area (Å²) in [6, 6.07) is -0.133. The Hall–Kier alpha value is -0.940. The first kappa shape index (κ1) is 13.1. The summed E-state index contributed by atoms with van der Waals surface area (Å²) in [7, 11) is 0. The number of rotatable bonds is 5. The van der Waals surface area contributed by atoms with E-state index >= 15 is 0 Å². The minimum atomic E-state index is -0.102. The van der Waals surface area contributed by atoms with Crippen molar-refractivity contribution in [3.05, 3.63) is 16.1 Å². The molecule has 2 atom stereocenters. The second kappa shape index (κ2) is 5.96. The molecule has 0 aliphatic heterocycles. The van der Waals surface area contributed by atoms with Gasteiger partial charge in [-0.1, -0.05) is 6.92 Å². The van der Waals surface area contributed by atoms with Crippen LogP contribution in [-0.4, -0.2) is 16.9 Å². The fraction of sp³-hybridized carbons (Fsp3) is 0.636. The van der Waals surface area contributed by atoms with Gasteiger partial charge in [0.15, 0.2) is 0 Å². The Morgan fingerprint density at radius 3 is 2.81 bits per heavy atom. The van der Waals surface area contributed by atoms with Gasteiger partial charge in [0.2, 0.25) is 5.91 Å². The van der Waals surface area contributed by atoms with E-state index in [0.29, 0.717) is 6.42 Å². The molecule has 0 aliphatic rings. The van der Waals surface area contributed by atoms with Gasteiger partial charge in [0, 0.05) is 23.5 Å². The molecule has 1 amide bonds. The number of carbonyl (C=O) groups is 1. The number of aromatic nitrogens is 1. The third kappa shape index (κ3) is 3.90. The Morgan fingerprint density at radius 1 is 1.62 bits per heavy atom. The highest BCUT2D eigenvalue weighted by Gasteiger charge is 2.13. The number of nitrogens with two attached hydrogens (primary N) is 1. The van der Waals surface area contributed by atoms with Crippen LogP contribution in [0.4, 0.5) is 0 Å². The van der Waals surface area contributed by atoms with Gasteiger partial charge in [-0.15, -0.1) is 11.3 Å². The van der Waals surface area contributed by atoms with Crippen LogP contribution >= 0.6 is 11.3 Å². The van der Waals surface area contributed by atoms with E-state index in [-0.39, 0.29) is 18.0 Å². The monoisotopic (exact) mass is 241 g/mol. The molecule has 1 aromatic rings. The normalized spacial score (nSPS) is 14.5. The van der Waals surface area contributed by atoms with E-state index in [0.717, 1.165) is 11.4 Å². The molecule has 0 radical (unpaired) electrons. The molecule has 0 aromatic carbocycles. The molecule has 1 heterocycles. The fourth-order valence-corrected chi connectivity index (χ4v) is 2.20. The van der Waals surface area contributed by atoms with Crippen LogP contribution in [-0.2, 0) is 11.2 Å². The van der Waals surface area contributed by atoms with Gasteiger partial charge >= 0.3 is 0 Å². The van der Waals surface area contributed by atoms with Gasteiger partial charge in [-0.3, -0.25) is 4.79 Å². The lowest BCUT2D eigenvalue weighted by Crippen LogP contribution is -2.31. The number of hydrogen-bond acceptors (Lipinski definition) is 4. The standard InChI is InChI=1S/C11H19N3OS/c1-4-9-6-13-11(16-9)8(3)14-10(15)5-7(2)12/h6-8H,4-5,12H2,1-3H3,(H,14,15). The van der Waals surface area contributed by atoms with Crippen molar-refractivity contribution in [2.45, 2.75) is 45.7 Å². The van der Waals surface area contributed by atoms with Crippen molar-refractivity contribution < 1.29 is 4.79 Å². The number of thiazole rings is 1. The fourth-order valence-electron chi connectivity index (χ4n) is 1.34. The molecule has 4 nitrogen and oxygen atoms in total. The molecule has 0 saturated carbocycles. The first-order valence-corrected chi connectivity index (χ1v) is 6.34. The zero-order valence-corrected chi connectivity index (χ0v) is 10.8. The number of hydrogen-bond donors (Lipinski definition) is 2. The van der Waals surface area contributed by atoms with Gasteiger partial charge in [-0.05, 0) is 20.3 Å². The Morgan fingerprint density at radius 2 is 2.31 bits per heavy atom. The lowest BCUT2D eigenvalue weighted by Gasteiger charge is -2.12. The highest BCUT2D eigenvalue weighted by atomic mass is 32.1.